The van der Waals surface area contributed by atoms with E-state index in [0.717, 1.165) is 43.5 Å². The number of hydrogen-bond donors (Lipinski definition) is 3. The predicted octanol–water partition coefficient (Wildman–Crippen LogP) is 1.24. The highest BCUT2D eigenvalue weighted by Gasteiger charge is 2.40. The molecule has 29 heavy (non-hydrogen) atoms. The summed E-state index contributed by atoms with van der Waals surface area (Å²) in [7, 11) is 0. The van der Waals surface area contributed by atoms with Crippen molar-refractivity contribution in [3.63, 3.8) is 0 Å². The summed E-state index contributed by atoms with van der Waals surface area (Å²) in [6.07, 6.45) is 5.64. The van der Waals surface area contributed by atoms with Crippen molar-refractivity contribution in [2.24, 2.45) is 0 Å². The van der Waals surface area contributed by atoms with Crippen LogP contribution in [0.2, 0.25) is 0 Å². The van der Waals surface area contributed by atoms with E-state index in [-0.39, 0.29) is 29.7 Å². The summed E-state index contributed by atoms with van der Waals surface area (Å²) >= 11 is 0. The molecule has 2 fully saturated rings. The molecule has 7 nitrogen and oxygen atoms in total. The molecule has 0 saturated carbocycles. The lowest BCUT2D eigenvalue weighted by Gasteiger charge is -2.38. The van der Waals surface area contributed by atoms with Gasteiger partial charge in [-0.25, -0.2) is 0 Å². The standard InChI is InChI=1S/C22H28N4O3/c1-2-9-22(10-4-11-23-14-22)24-12-15-5-3-6-16-13-26(21(29)19(15)16)17-7-8-18(27)25-20(17)28/h2-3,5-6,17,23-24H,1,4,7-14H2,(H,25,27,28). The number of hydrogen-bond acceptors (Lipinski definition) is 5. The molecule has 3 aliphatic rings. The number of nitrogens with one attached hydrogen (secondary N) is 3. The molecule has 3 amide bonds. The van der Waals surface area contributed by atoms with Gasteiger partial charge in [-0.05, 0) is 43.4 Å². The van der Waals surface area contributed by atoms with Gasteiger partial charge in [0.2, 0.25) is 11.8 Å². The van der Waals surface area contributed by atoms with Crippen molar-refractivity contribution >= 4 is 17.7 Å². The second kappa shape index (κ2) is 8.08. The van der Waals surface area contributed by atoms with Crippen molar-refractivity contribution in [2.75, 3.05) is 13.1 Å². The summed E-state index contributed by atoms with van der Waals surface area (Å²) in [5, 5.41) is 9.50. The summed E-state index contributed by atoms with van der Waals surface area (Å²) < 4.78 is 0. The molecule has 3 N–H and O–H groups in total. The summed E-state index contributed by atoms with van der Waals surface area (Å²) in [6, 6.07) is 5.32. The maximum Gasteiger partial charge on any atom is 0.255 e. The summed E-state index contributed by atoms with van der Waals surface area (Å²) in [5.41, 5.74) is 2.55. The highest BCUT2D eigenvalue weighted by atomic mass is 16.2. The number of benzene rings is 1. The number of nitrogens with zero attached hydrogens (tertiary/aromatic N) is 1. The quantitative estimate of drug-likeness (QED) is 0.497. The van der Waals surface area contributed by atoms with Crippen LogP contribution in [-0.4, -0.2) is 47.3 Å². The molecule has 0 aromatic heterocycles. The average molecular weight is 396 g/mol. The minimum Gasteiger partial charge on any atom is -0.322 e. The molecule has 0 aliphatic carbocycles. The maximum absolute atomic E-state index is 13.2. The van der Waals surface area contributed by atoms with Gasteiger partial charge < -0.3 is 15.5 Å². The second-order valence-corrected chi connectivity index (χ2v) is 8.26. The summed E-state index contributed by atoms with van der Waals surface area (Å²) in [4.78, 5) is 38.5. The normalized spacial score (nSPS) is 27.0. The lowest BCUT2D eigenvalue weighted by Crippen LogP contribution is -2.55. The van der Waals surface area contributed by atoms with Gasteiger partial charge in [-0.3, -0.25) is 19.7 Å². The second-order valence-electron chi connectivity index (χ2n) is 8.26. The van der Waals surface area contributed by atoms with E-state index in [0.29, 0.717) is 25.1 Å². The molecule has 0 radical (unpaired) electrons. The van der Waals surface area contributed by atoms with E-state index in [1.807, 2.05) is 24.3 Å². The fourth-order valence-electron chi connectivity index (χ4n) is 4.76. The van der Waals surface area contributed by atoms with Crippen LogP contribution in [0.3, 0.4) is 0 Å². The zero-order valence-electron chi connectivity index (χ0n) is 16.6. The molecule has 2 unspecified atom stereocenters. The Bertz CT molecular complexity index is 844. The predicted molar refractivity (Wildman–Crippen MR) is 109 cm³/mol. The first kappa shape index (κ1) is 19.8. The molecule has 1 aromatic carbocycles. The summed E-state index contributed by atoms with van der Waals surface area (Å²) in [6.45, 7) is 6.82. The van der Waals surface area contributed by atoms with E-state index in [9.17, 15) is 14.4 Å². The Balaban J connectivity index is 1.52. The molecule has 154 valence electrons. The van der Waals surface area contributed by atoms with Crippen molar-refractivity contribution in [3.8, 4) is 0 Å². The van der Waals surface area contributed by atoms with Gasteiger partial charge in [-0.2, -0.15) is 0 Å². The SMILES string of the molecule is C=CCC1(NCc2cccc3c2C(=O)N(C2CCC(=O)NC2=O)C3)CCCNC1. The maximum atomic E-state index is 13.2. The Labute approximate surface area is 170 Å². The van der Waals surface area contributed by atoms with Crippen molar-refractivity contribution in [1.82, 2.24) is 20.9 Å². The number of carbonyl (C=O) groups excluding carboxylic acids is 3. The number of rotatable bonds is 6. The van der Waals surface area contributed by atoms with Crippen LogP contribution < -0.4 is 16.0 Å². The van der Waals surface area contributed by atoms with Gasteiger partial charge >= 0.3 is 0 Å². The van der Waals surface area contributed by atoms with Gasteiger partial charge in [0.05, 0.1) is 0 Å². The van der Waals surface area contributed by atoms with Crippen molar-refractivity contribution in [1.29, 1.82) is 0 Å². The zero-order chi connectivity index (χ0) is 20.4. The van der Waals surface area contributed by atoms with Crippen molar-refractivity contribution in [3.05, 3.63) is 47.5 Å². The number of amides is 3. The van der Waals surface area contributed by atoms with Crippen molar-refractivity contribution in [2.45, 2.75) is 56.8 Å². The highest BCUT2D eigenvalue weighted by molar-refractivity contribution is 6.05. The van der Waals surface area contributed by atoms with Gasteiger partial charge in [-0.1, -0.05) is 24.3 Å². The lowest BCUT2D eigenvalue weighted by molar-refractivity contribution is -0.136. The van der Waals surface area contributed by atoms with Crippen LogP contribution in [0.5, 0.6) is 0 Å². The lowest BCUT2D eigenvalue weighted by atomic mass is 9.86. The van der Waals surface area contributed by atoms with Gasteiger partial charge in [-0.15, -0.1) is 6.58 Å². The summed E-state index contributed by atoms with van der Waals surface area (Å²) in [5.74, 6) is -0.763. The van der Waals surface area contributed by atoms with E-state index in [1.165, 1.54) is 0 Å². The zero-order valence-corrected chi connectivity index (χ0v) is 16.6. The molecule has 3 heterocycles. The molecule has 0 bridgehead atoms. The van der Waals surface area contributed by atoms with Crippen LogP contribution in [0.1, 0.15) is 53.6 Å². The first-order chi connectivity index (χ1) is 14.0. The van der Waals surface area contributed by atoms with E-state index in [2.05, 4.69) is 22.5 Å². The molecule has 1 aromatic rings. The Morgan fingerprint density at radius 2 is 2.17 bits per heavy atom. The molecule has 3 aliphatic heterocycles. The van der Waals surface area contributed by atoms with Gasteiger partial charge in [0.1, 0.15) is 6.04 Å². The number of carbonyl (C=O) groups is 3. The number of fused-ring (bicyclic) bond motifs is 1. The topological polar surface area (TPSA) is 90.5 Å². The first-order valence-electron chi connectivity index (χ1n) is 10.3. The van der Waals surface area contributed by atoms with Crippen LogP contribution in [-0.2, 0) is 22.7 Å². The molecule has 2 saturated heterocycles. The number of imide groups is 1. The van der Waals surface area contributed by atoms with E-state index in [1.54, 1.807) is 4.90 Å². The monoisotopic (exact) mass is 396 g/mol. The molecule has 7 heteroatoms. The van der Waals surface area contributed by atoms with Crippen LogP contribution in [0.15, 0.2) is 30.9 Å². The Kier molecular flexibility index (Phi) is 5.52. The third-order valence-corrected chi connectivity index (χ3v) is 6.30. The number of piperidine rings is 2. The van der Waals surface area contributed by atoms with Crippen LogP contribution in [0.4, 0.5) is 0 Å². The average Bonchev–Trinajstić information content (AvgIpc) is 3.04. The van der Waals surface area contributed by atoms with Gasteiger partial charge in [0.15, 0.2) is 0 Å². The molecular weight excluding hydrogens is 368 g/mol. The van der Waals surface area contributed by atoms with Crippen molar-refractivity contribution < 1.29 is 14.4 Å². The molecule has 4 rings (SSSR count). The third kappa shape index (κ3) is 3.84. The fraction of sp³-hybridized carbons (Fsp3) is 0.500. The third-order valence-electron chi connectivity index (χ3n) is 6.30. The minimum atomic E-state index is -0.580. The first-order valence-corrected chi connectivity index (χ1v) is 10.3. The van der Waals surface area contributed by atoms with Gasteiger partial charge in [0, 0.05) is 37.2 Å². The highest BCUT2D eigenvalue weighted by Crippen LogP contribution is 2.30. The molecule has 0 spiro atoms. The largest absolute Gasteiger partial charge is 0.322 e. The Hall–Kier alpha value is -2.51. The smallest absolute Gasteiger partial charge is 0.255 e. The van der Waals surface area contributed by atoms with Gasteiger partial charge in [0.25, 0.3) is 5.91 Å². The van der Waals surface area contributed by atoms with E-state index in [4.69, 9.17) is 0 Å². The van der Waals surface area contributed by atoms with E-state index < -0.39 is 6.04 Å². The van der Waals surface area contributed by atoms with Crippen LogP contribution in [0, 0.1) is 0 Å². The molecule has 2 atom stereocenters. The van der Waals surface area contributed by atoms with E-state index >= 15 is 0 Å². The Morgan fingerprint density at radius 1 is 1.31 bits per heavy atom. The minimum absolute atomic E-state index is 0.0479. The van der Waals surface area contributed by atoms with Crippen LogP contribution in [0.25, 0.3) is 0 Å². The Morgan fingerprint density at radius 3 is 2.90 bits per heavy atom. The molecular formula is C22H28N4O3. The van der Waals surface area contributed by atoms with Crippen LogP contribution >= 0.6 is 0 Å². The fourth-order valence-corrected chi connectivity index (χ4v) is 4.76.